The molecule has 6 nitrogen and oxygen atoms in total. The number of nitrogen functional groups attached to an aromatic ring is 1. The molecule has 1 aromatic carbocycles. The quantitative estimate of drug-likeness (QED) is 0.526. The lowest BCUT2D eigenvalue weighted by Crippen LogP contribution is -2.25. The van der Waals surface area contributed by atoms with Gasteiger partial charge in [-0.05, 0) is 25.0 Å². The topological polar surface area (TPSA) is 103 Å². The van der Waals surface area contributed by atoms with Crippen molar-refractivity contribution < 1.29 is 0 Å². The Morgan fingerprint density at radius 3 is 2.69 bits per heavy atom. The van der Waals surface area contributed by atoms with Gasteiger partial charge in [0.1, 0.15) is 18.0 Å². The van der Waals surface area contributed by atoms with E-state index >= 15 is 0 Å². The van der Waals surface area contributed by atoms with Crippen LogP contribution in [0.25, 0.3) is 10.9 Å². The molecule has 0 bridgehead atoms. The number of para-hydroxylation sites is 1. The van der Waals surface area contributed by atoms with E-state index in [1.807, 2.05) is 30.3 Å². The second kappa shape index (κ2) is 7.56. The van der Waals surface area contributed by atoms with Gasteiger partial charge in [0.25, 0.3) is 0 Å². The third kappa shape index (κ3) is 3.40. The molecule has 0 atom stereocenters. The summed E-state index contributed by atoms with van der Waals surface area (Å²) in [6.07, 6.45) is 7.47. The zero-order chi connectivity index (χ0) is 17.2. The molecule has 136 valence electrons. The number of nitrogens with one attached hydrogen (secondary N) is 3. The van der Waals surface area contributed by atoms with Crippen molar-refractivity contribution in [2.75, 3.05) is 11.1 Å². The normalized spacial score (nSPS) is 14.8. The Hall–Kier alpha value is -2.89. The van der Waals surface area contributed by atoms with Crippen LogP contribution >= 0.6 is 0 Å². The van der Waals surface area contributed by atoms with Gasteiger partial charge in [-0.3, -0.25) is 5.41 Å². The van der Waals surface area contributed by atoms with Gasteiger partial charge in [0, 0.05) is 16.9 Å². The molecule has 0 aliphatic heterocycles. The van der Waals surface area contributed by atoms with E-state index in [2.05, 4.69) is 20.3 Å². The van der Waals surface area contributed by atoms with E-state index in [9.17, 15) is 0 Å². The molecule has 3 aromatic rings. The standard InChI is InChI=1S/C19H22N6.CH4/c20-17(15-10-12-6-4-5-9-14(12)25-15)16-18(21)22-11-23-19(16)24-13-7-2-1-3-8-13;/h4-6,9-11,13,20,25H,1-3,7-8H2,(H3,21,22,23,24);1H4. The highest BCUT2D eigenvalue weighted by Crippen LogP contribution is 2.27. The minimum absolute atomic E-state index is 0. The molecule has 1 aliphatic carbocycles. The van der Waals surface area contributed by atoms with E-state index in [0.29, 0.717) is 29.0 Å². The minimum Gasteiger partial charge on any atom is -0.383 e. The molecule has 2 aromatic heterocycles. The highest BCUT2D eigenvalue weighted by molar-refractivity contribution is 6.16. The van der Waals surface area contributed by atoms with Crippen molar-refractivity contribution in [2.45, 2.75) is 45.6 Å². The second-order valence-corrected chi connectivity index (χ2v) is 6.61. The summed E-state index contributed by atoms with van der Waals surface area (Å²) in [5, 5.41) is 13.2. The fraction of sp³-hybridized carbons (Fsp3) is 0.350. The Morgan fingerprint density at radius 1 is 1.15 bits per heavy atom. The van der Waals surface area contributed by atoms with E-state index < -0.39 is 0 Å². The third-order valence-corrected chi connectivity index (χ3v) is 4.87. The number of benzene rings is 1. The number of hydrogen-bond acceptors (Lipinski definition) is 5. The van der Waals surface area contributed by atoms with Crippen molar-refractivity contribution in [3.8, 4) is 0 Å². The lowest BCUT2D eigenvalue weighted by molar-refractivity contribution is 0.462. The van der Waals surface area contributed by atoms with E-state index in [1.54, 1.807) is 0 Å². The number of H-pyrrole nitrogens is 1. The minimum atomic E-state index is 0. The van der Waals surface area contributed by atoms with Crippen LogP contribution in [0.3, 0.4) is 0 Å². The Bertz CT molecular complexity index is 875. The predicted octanol–water partition coefficient (Wildman–Crippen LogP) is 4.34. The van der Waals surface area contributed by atoms with Gasteiger partial charge in [-0.2, -0.15) is 0 Å². The maximum Gasteiger partial charge on any atom is 0.141 e. The molecular formula is C20H26N6. The van der Waals surface area contributed by atoms with Gasteiger partial charge in [-0.25, -0.2) is 9.97 Å². The van der Waals surface area contributed by atoms with E-state index in [4.69, 9.17) is 11.1 Å². The number of fused-ring (bicyclic) bond motifs is 1. The molecule has 0 spiro atoms. The molecule has 4 rings (SSSR count). The van der Waals surface area contributed by atoms with Crippen molar-refractivity contribution >= 4 is 28.3 Å². The molecule has 0 saturated heterocycles. The first kappa shape index (κ1) is 17.9. The Labute approximate surface area is 153 Å². The molecule has 5 N–H and O–H groups in total. The second-order valence-electron chi connectivity index (χ2n) is 6.61. The van der Waals surface area contributed by atoms with Gasteiger partial charge in [0.2, 0.25) is 0 Å². The highest BCUT2D eigenvalue weighted by atomic mass is 15.1. The lowest BCUT2D eigenvalue weighted by atomic mass is 9.95. The Kier molecular flexibility index (Phi) is 5.21. The van der Waals surface area contributed by atoms with Crippen LogP contribution in [0.5, 0.6) is 0 Å². The van der Waals surface area contributed by atoms with Gasteiger partial charge < -0.3 is 16.0 Å². The van der Waals surface area contributed by atoms with Crippen molar-refractivity contribution in [1.82, 2.24) is 15.0 Å². The summed E-state index contributed by atoms with van der Waals surface area (Å²) < 4.78 is 0. The largest absolute Gasteiger partial charge is 0.383 e. The number of aromatic nitrogens is 3. The van der Waals surface area contributed by atoms with Crippen molar-refractivity contribution in [3.63, 3.8) is 0 Å². The van der Waals surface area contributed by atoms with E-state index in [1.165, 1.54) is 25.6 Å². The summed E-state index contributed by atoms with van der Waals surface area (Å²) in [6, 6.07) is 10.3. The lowest BCUT2D eigenvalue weighted by Gasteiger charge is -2.24. The summed E-state index contributed by atoms with van der Waals surface area (Å²) in [4.78, 5) is 11.8. The van der Waals surface area contributed by atoms with E-state index in [-0.39, 0.29) is 7.43 Å². The van der Waals surface area contributed by atoms with Crippen LogP contribution in [-0.4, -0.2) is 26.7 Å². The summed E-state index contributed by atoms with van der Waals surface area (Å²) in [6.45, 7) is 0. The van der Waals surface area contributed by atoms with Crippen LogP contribution in [0.15, 0.2) is 36.7 Å². The summed E-state index contributed by atoms with van der Waals surface area (Å²) in [7, 11) is 0. The maximum atomic E-state index is 8.67. The molecule has 0 unspecified atom stereocenters. The zero-order valence-electron chi connectivity index (χ0n) is 14.0. The highest BCUT2D eigenvalue weighted by Gasteiger charge is 2.21. The number of rotatable bonds is 4. The van der Waals surface area contributed by atoms with Crippen molar-refractivity contribution in [3.05, 3.63) is 47.9 Å². The first-order valence-corrected chi connectivity index (χ1v) is 8.76. The fourth-order valence-electron chi connectivity index (χ4n) is 3.54. The average Bonchev–Trinajstić information content (AvgIpc) is 3.06. The molecule has 1 fully saturated rings. The molecule has 0 amide bonds. The number of anilines is 2. The van der Waals surface area contributed by atoms with Crippen molar-refractivity contribution in [1.29, 1.82) is 5.41 Å². The summed E-state index contributed by atoms with van der Waals surface area (Å²) in [5.74, 6) is 0.986. The van der Waals surface area contributed by atoms with Crippen LogP contribution in [0, 0.1) is 5.41 Å². The monoisotopic (exact) mass is 350 g/mol. The Morgan fingerprint density at radius 2 is 1.92 bits per heavy atom. The number of aromatic amines is 1. The SMILES string of the molecule is C.N=C(c1cc2ccccc2[nH]1)c1c(N)ncnc1NC1CCCCC1. The van der Waals surface area contributed by atoms with E-state index in [0.717, 1.165) is 29.4 Å². The first-order chi connectivity index (χ1) is 12.2. The molecule has 2 heterocycles. The number of nitrogens with zero attached hydrogens (tertiary/aromatic N) is 2. The molecule has 1 saturated carbocycles. The van der Waals surface area contributed by atoms with Crippen LogP contribution in [-0.2, 0) is 0 Å². The van der Waals surface area contributed by atoms with Crippen LogP contribution in [0.4, 0.5) is 11.6 Å². The predicted molar refractivity (Wildman–Crippen MR) is 108 cm³/mol. The smallest absolute Gasteiger partial charge is 0.141 e. The number of hydrogen-bond donors (Lipinski definition) is 4. The van der Waals surface area contributed by atoms with Crippen LogP contribution in [0.1, 0.15) is 50.8 Å². The van der Waals surface area contributed by atoms with Crippen LogP contribution < -0.4 is 11.1 Å². The van der Waals surface area contributed by atoms with Crippen molar-refractivity contribution in [2.24, 2.45) is 0 Å². The molecule has 1 aliphatic rings. The van der Waals surface area contributed by atoms with Gasteiger partial charge in [0.05, 0.1) is 17.0 Å². The summed E-state index contributed by atoms with van der Waals surface area (Å²) >= 11 is 0. The fourth-order valence-corrected chi connectivity index (χ4v) is 3.54. The Balaban J connectivity index is 0.00000196. The summed E-state index contributed by atoms with van der Waals surface area (Å²) in [5.41, 5.74) is 8.71. The van der Waals surface area contributed by atoms with Gasteiger partial charge in [-0.15, -0.1) is 0 Å². The van der Waals surface area contributed by atoms with Gasteiger partial charge in [-0.1, -0.05) is 44.9 Å². The molecule has 0 radical (unpaired) electrons. The molecule has 26 heavy (non-hydrogen) atoms. The van der Waals surface area contributed by atoms with Crippen LogP contribution in [0.2, 0.25) is 0 Å². The molecular weight excluding hydrogens is 324 g/mol. The van der Waals surface area contributed by atoms with Gasteiger partial charge in [0.15, 0.2) is 0 Å². The molecule has 6 heteroatoms. The van der Waals surface area contributed by atoms with Gasteiger partial charge >= 0.3 is 0 Å². The third-order valence-electron chi connectivity index (χ3n) is 4.87. The maximum absolute atomic E-state index is 8.67. The average molecular weight is 350 g/mol. The first-order valence-electron chi connectivity index (χ1n) is 8.76. The number of nitrogens with two attached hydrogens (primary N) is 1. The zero-order valence-corrected chi connectivity index (χ0v) is 14.0.